The Labute approximate surface area is 286 Å². The molecule has 280 valence electrons. The second-order valence-corrected chi connectivity index (χ2v) is 13.9. The third-order valence-corrected chi connectivity index (χ3v) is 9.55. The molecule has 1 aliphatic heterocycles. The number of amides is 1. The summed E-state index contributed by atoms with van der Waals surface area (Å²) in [5.74, 6) is -0.261. The van der Waals surface area contributed by atoms with E-state index in [1.165, 1.54) is 89.9 Å². The lowest BCUT2D eigenvalue weighted by Gasteiger charge is -2.40. The van der Waals surface area contributed by atoms with Crippen LogP contribution in [0.4, 0.5) is 0 Å². The van der Waals surface area contributed by atoms with Gasteiger partial charge in [0.05, 0.1) is 25.4 Å². The monoisotopic (exact) mass is 676 g/mol. The van der Waals surface area contributed by atoms with Gasteiger partial charge in [-0.1, -0.05) is 149 Å². The Hall–Kier alpha value is -0.850. The molecular formula is C37H73NO9. The van der Waals surface area contributed by atoms with Crippen molar-refractivity contribution in [1.82, 2.24) is 5.32 Å². The molecule has 10 nitrogen and oxygen atoms in total. The number of aliphatic hydroxyl groups is 6. The molecule has 1 aliphatic rings. The summed E-state index contributed by atoms with van der Waals surface area (Å²) in [6.45, 7) is 3.56. The number of hydrogen-bond donors (Lipinski definition) is 7. The largest absolute Gasteiger partial charge is 0.394 e. The van der Waals surface area contributed by atoms with Gasteiger partial charge in [-0.3, -0.25) is 4.79 Å². The Morgan fingerprint density at radius 2 is 1.11 bits per heavy atom. The molecule has 7 N–H and O–H groups in total. The maximum Gasteiger partial charge on any atom is 0.220 e. The standard InChI is InChI=1S/C37H73NO9/c1-3-5-7-9-11-13-15-16-17-19-21-23-25-30(40)33(42)29(28-46-37-36(45)35(44)34(43)31(27-39)47-37)38-32(41)26-24-22-20-18-14-12-10-8-6-4-2/h29-31,33-37,39-40,42-45H,3-28H2,1-2H3,(H,38,41)/t29-,30+,31?,33-,34-,35?,36?,37-/m0/s1. The van der Waals surface area contributed by atoms with Crippen LogP contribution in [0.3, 0.4) is 0 Å². The molecule has 3 unspecified atom stereocenters. The molecule has 1 rings (SSSR count). The van der Waals surface area contributed by atoms with Crippen LogP contribution >= 0.6 is 0 Å². The molecule has 1 amide bonds. The molecule has 10 heteroatoms. The van der Waals surface area contributed by atoms with Gasteiger partial charge in [-0.05, 0) is 12.8 Å². The summed E-state index contributed by atoms with van der Waals surface area (Å²) in [6.07, 6.45) is 16.9. The molecule has 0 saturated carbocycles. The van der Waals surface area contributed by atoms with Crippen molar-refractivity contribution < 1.29 is 44.9 Å². The third-order valence-electron chi connectivity index (χ3n) is 9.55. The van der Waals surface area contributed by atoms with E-state index in [4.69, 9.17) is 9.47 Å². The third kappa shape index (κ3) is 20.4. The van der Waals surface area contributed by atoms with E-state index in [0.717, 1.165) is 51.4 Å². The number of carbonyl (C=O) groups excluding carboxylic acids is 1. The summed E-state index contributed by atoms with van der Waals surface area (Å²) >= 11 is 0. The van der Waals surface area contributed by atoms with E-state index in [1.807, 2.05) is 0 Å². The van der Waals surface area contributed by atoms with E-state index in [-0.39, 0.29) is 18.9 Å². The SMILES string of the molecule is CCCCCCCCCCCCCC[C@@H](O)[C@@H](O)[C@H](CO[C@H]1OC(CO)[C@H](O)C(O)C1O)NC(=O)CCCCCCCCCCCC. The fraction of sp³-hybridized carbons (Fsp3) is 0.973. The minimum absolute atomic E-state index is 0.261. The van der Waals surface area contributed by atoms with E-state index in [2.05, 4.69) is 19.2 Å². The smallest absolute Gasteiger partial charge is 0.220 e. The molecule has 47 heavy (non-hydrogen) atoms. The quantitative estimate of drug-likeness (QED) is 0.0475. The highest BCUT2D eigenvalue weighted by Crippen LogP contribution is 2.23. The van der Waals surface area contributed by atoms with Crippen molar-refractivity contribution in [3.8, 4) is 0 Å². The van der Waals surface area contributed by atoms with Gasteiger partial charge in [0.15, 0.2) is 6.29 Å². The molecule has 1 heterocycles. The van der Waals surface area contributed by atoms with Gasteiger partial charge in [0, 0.05) is 6.42 Å². The molecular weight excluding hydrogens is 602 g/mol. The van der Waals surface area contributed by atoms with Crippen molar-refractivity contribution in [3.63, 3.8) is 0 Å². The number of aliphatic hydroxyl groups excluding tert-OH is 6. The van der Waals surface area contributed by atoms with Crippen LogP contribution in [0.25, 0.3) is 0 Å². The first kappa shape index (κ1) is 44.2. The average molecular weight is 676 g/mol. The summed E-state index contributed by atoms with van der Waals surface area (Å²) in [4.78, 5) is 12.9. The van der Waals surface area contributed by atoms with Gasteiger partial charge < -0.3 is 45.4 Å². The molecule has 0 aliphatic carbocycles. The first-order chi connectivity index (χ1) is 22.8. The number of nitrogens with one attached hydrogen (secondary N) is 1. The van der Waals surface area contributed by atoms with Crippen molar-refractivity contribution in [3.05, 3.63) is 0 Å². The van der Waals surface area contributed by atoms with Crippen LogP contribution in [0.2, 0.25) is 0 Å². The lowest BCUT2D eigenvalue weighted by Crippen LogP contribution is -2.60. The second kappa shape index (κ2) is 28.9. The summed E-state index contributed by atoms with van der Waals surface area (Å²) in [7, 11) is 0. The van der Waals surface area contributed by atoms with Crippen molar-refractivity contribution in [2.75, 3.05) is 13.2 Å². The van der Waals surface area contributed by atoms with Gasteiger partial charge in [0.2, 0.25) is 5.91 Å². The number of ether oxygens (including phenoxy) is 2. The van der Waals surface area contributed by atoms with Crippen LogP contribution in [0.15, 0.2) is 0 Å². The predicted molar refractivity (Wildman–Crippen MR) is 186 cm³/mol. The van der Waals surface area contributed by atoms with Gasteiger partial charge in [-0.15, -0.1) is 0 Å². The Kier molecular flexibility index (Phi) is 27.2. The van der Waals surface area contributed by atoms with Crippen molar-refractivity contribution in [2.24, 2.45) is 0 Å². The molecule has 0 aromatic rings. The number of hydrogen-bond acceptors (Lipinski definition) is 9. The second-order valence-electron chi connectivity index (χ2n) is 13.9. The summed E-state index contributed by atoms with van der Waals surface area (Å²) in [6, 6.07) is -0.981. The van der Waals surface area contributed by atoms with Gasteiger partial charge in [0.25, 0.3) is 0 Å². The highest BCUT2D eigenvalue weighted by atomic mass is 16.7. The van der Waals surface area contributed by atoms with Crippen LogP contribution in [0, 0.1) is 0 Å². The topological polar surface area (TPSA) is 169 Å². The summed E-state index contributed by atoms with van der Waals surface area (Å²) in [5, 5.41) is 64.7. The van der Waals surface area contributed by atoms with E-state index in [1.54, 1.807) is 0 Å². The lowest BCUT2D eigenvalue weighted by molar-refractivity contribution is -0.303. The molecule has 1 fully saturated rings. The van der Waals surface area contributed by atoms with Crippen LogP contribution < -0.4 is 5.32 Å². The molecule has 0 bridgehead atoms. The first-order valence-corrected chi connectivity index (χ1v) is 19.3. The lowest BCUT2D eigenvalue weighted by atomic mass is 9.98. The minimum Gasteiger partial charge on any atom is -0.394 e. The van der Waals surface area contributed by atoms with Crippen molar-refractivity contribution in [2.45, 2.75) is 217 Å². The fourth-order valence-electron chi connectivity index (χ4n) is 6.31. The first-order valence-electron chi connectivity index (χ1n) is 19.3. The van der Waals surface area contributed by atoms with E-state index < -0.39 is 55.6 Å². The Bertz CT molecular complexity index is 728. The van der Waals surface area contributed by atoms with Gasteiger partial charge in [-0.25, -0.2) is 0 Å². The normalized spacial score (nSPS) is 23.4. The molecule has 0 radical (unpaired) electrons. The van der Waals surface area contributed by atoms with Crippen LogP contribution in [0.1, 0.15) is 168 Å². The maximum atomic E-state index is 12.9. The number of rotatable bonds is 31. The van der Waals surface area contributed by atoms with Crippen molar-refractivity contribution >= 4 is 5.91 Å². The maximum absolute atomic E-state index is 12.9. The molecule has 0 spiro atoms. The summed E-state index contributed by atoms with van der Waals surface area (Å²) < 4.78 is 11.1. The summed E-state index contributed by atoms with van der Waals surface area (Å²) in [5.41, 5.74) is 0. The Morgan fingerprint density at radius 3 is 1.57 bits per heavy atom. The van der Waals surface area contributed by atoms with E-state index >= 15 is 0 Å². The zero-order valence-corrected chi connectivity index (χ0v) is 29.9. The van der Waals surface area contributed by atoms with Gasteiger partial charge >= 0.3 is 0 Å². The fourth-order valence-corrected chi connectivity index (χ4v) is 6.31. The Balaban J connectivity index is 2.50. The number of unbranched alkanes of at least 4 members (excludes halogenated alkanes) is 20. The van der Waals surface area contributed by atoms with Crippen molar-refractivity contribution in [1.29, 1.82) is 0 Å². The van der Waals surface area contributed by atoms with Crippen LogP contribution in [-0.4, -0.2) is 98.7 Å². The molecule has 0 aromatic carbocycles. The predicted octanol–water partition coefficient (Wildman–Crippen LogP) is 5.41. The van der Waals surface area contributed by atoms with Crippen LogP contribution in [-0.2, 0) is 14.3 Å². The minimum atomic E-state index is -1.60. The molecule has 8 atom stereocenters. The highest BCUT2D eigenvalue weighted by molar-refractivity contribution is 5.76. The van der Waals surface area contributed by atoms with Crippen LogP contribution in [0.5, 0.6) is 0 Å². The van der Waals surface area contributed by atoms with Gasteiger partial charge in [-0.2, -0.15) is 0 Å². The van der Waals surface area contributed by atoms with Gasteiger partial charge in [0.1, 0.15) is 30.5 Å². The van der Waals surface area contributed by atoms with E-state index in [9.17, 15) is 35.4 Å². The zero-order valence-electron chi connectivity index (χ0n) is 29.9. The molecule has 1 saturated heterocycles. The molecule has 0 aromatic heterocycles. The van der Waals surface area contributed by atoms with E-state index in [0.29, 0.717) is 6.42 Å². The average Bonchev–Trinajstić information content (AvgIpc) is 3.07. The Morgan fingerprint density at radius 1 is 0.660 bits per heavy atom. The highest BCUT2D eigenvalue weighted by Gasteiger charge is 2.44. The zero-order chi connectivity index (χ0) is 34.7. The number of carbonyl (C=O) groups is 1.